The Morgan fingerprint density at radius 2 is 2.40 bits per heavy atom. The summed E-state index contributed by atoms with van der Waals surface area (Å²) in [6.07, 6.45) is 3.21. The van der Waals surface area contributed by atoms with Gasteiger partial charge in [0.05, 0.1) is 5.69 Å². The molecule has 0 radical (unpaired) electrons. The van der Waals surface area contributed by atoms with Crippen molar-refractivity contribution in [2.45, 2.75) is 25.9 Å². The van der Waals surface area contributed by atoms with Crippen molar-refractivity contribution in [3.05, 3.63) is 11.9 Å². The van der Waals surface area contributed by atoms with Crippen LogP contribution in [0.3, 0.4) is 0 Å². The van der Waals surface area contributed by atoms with Crippen LogP contribution in [0.15, 0.2) is 6.20 Å². The average molecular weight is 209 g/mol. The van der Waals surface area contributed by atoms with Crippen LogP contribution in [0.5, 0.6) is 0 Å². The summed E-state index contributed by atoms with van der Waals surface area (Å²) in [6.45, 7) is 5.01. The minimum absolute atomic E-state index is 0.506. The van der Waals surface area contributed by atoms with Crippen molar-refractivity contribution in [3.63, 3.8) is 0 Å². The summed E-state index contributed by atoms with van der Waals surface area (Å²) in [5.74, 6) is 0.701. The number of hydrogen-bond acceptors (Lipinski definition) is 4. The summed E-state index contributed by atoms with van der Waals surface area (Å²) >= 11 is 0. The first kappa shape index (κ1) is 10.6. The lowest BCUT2D eigenvalue weighted by Crippen LogP contribution is -2.37. The van der Waals surface area contributed by atoms with E-state index >= 15 is 0 Å². The van der Waals surface area contributed by atoms with Crippen LogP contribution in [-0.4, -0.2) is 39.0 Å². The molecule has 0 aliphatic carbocycles. The summed E-state index contributed by atoms with van der Waals surface area (Å²) in [7, 11) is 1.89. The largest absolute Gasteiger partial charge is 0.329 e. The van der Waals surface area contributed by atoms with Crippen LogP contribution in [0.2, 0.25) is 0 Å². The van der Waals surface area contributed by atoms with Gasteiger partial charge in [-0.1, -0.05) is 12.1 Å². The van der Waals surface area contributed by atoms with Gasteiger partial charge in [-0.15, -0.1) is 5.10 Å². The zero-order valence-corrected chi connectivity index (χ0v) is 9.43. The Labute approximate surface area is 90.2 Å². The normalized spacial score (nSPS) is 27.4. The van der Waals surface area contributed by atoms with E-state index in [0.717, 1.165) is 25.3 Å². The SMILES string of the molecule is CC1CCN(Cc2cn(C)nn2)C1CN. The lowest BCUT2D eigenvalue weighted by atomic mass is 10.0. The number of nitrogens with two attached hydrogens (primary N) is 1. The highest BCUT2D eigenvalue weighted by Gasteiger charge is 2.30. The molecule has 0 bridgehead atoms. The van der Waals surface area contributed by atoms with E-state index < -0.39 is 0 Å². The summed E-state index contributed by atoms with van der Waals surface area (Å²) in [5, 5.41) is 8.04. The quantitative estimate of drug-likeness (QED) is 0.760. The van der Waals surface area contributed by atoms with Gasteiger partial charge in [0.25, 0.3) is 0 Å². The molecule has 2 atom stereocenters. The molecule has 2 heterocycles. The number of rotatable bonds is 3. The zero-order chi connectivity index (χ0) is 10.8. The molecule has 1 aliphatic heterocycles. The fourth-order valence-corrected chi connectivity index (χ4v) is 2.34. The summed E-state index contributed by atoms with van der Waals surface area (Å²) in [4.78, 5) is 2.41. The first-order valence-electron chi connectivity index (χ1n) is 5.50. The van der Waals surface area contributed by atoms with Gasteiger partial charge in [-0.05, 0) is 18.9 Å². The number of aromatic nitrogens is 3. The van der Waals surface area contributed by atoms with Crippen molar-refractivity contribution in [1.82, 2.24) is 19.9 Å². The molecule has 5 nitrogen and oxygen atoms in total. The molecule has 0 spiro atoms. The maximum atomic E-state index is 5.79. The van der Waals surface area contributed by atoms with E-state index in [1.54, 1.807) is 4.68 Å². The highest BCUT2D eigenvalue weighted by Crippen LogP contribution is 2.24. The van der Waals surface area contributed by atoms with E-state index in [2.05, 4.69) is 22.1 Å². The van der Waals surface area contributed by atoms with E-state index in [1.807, 2.05) is 13.2 Å². The maximum Gasteiger partial charge on any atom is 0.0967 e. The smallest absolute Gasteiger partial charge is 0.0967 e. The van der Waals surface area contributed by atoms with Crippen molar-refractivity contribution in [1.29, 1.82) is 0 Å². The number of hydrogen-bond donors (Lipinski definition) is 1. The number of aryl methyl sites for hydroxylation is 1. The average Bonchev–Trinajstić information content (AvgIpc) is 2.75. The van der Waals surface area contributed by atoms with Gasteiger partial charge in [0.15, 0.2) is 0 Å². The third-order valence-electron chi connectivity index (χ3n) is 3.25. The molecular formula is C10H19N5. The van der Waals surface area contributed by atoms with Gasteiger partial charge in [0.1, 0.15) is 0 Å². The van der Waals surface area contributed by atoms with E-state index in [1.165, 1.54) is 6.42 Å². The Hall–Kier alpha value is -0.940. The topological polar surface area (TPSA) is 60.0 Å². The second-order valence-electron chi connectivity index (χ2n) is 4.42. The Kier molecular flexibility index (Phi) is 3.02. The number of nitrogens with zero attached hydrogens (tertiary/aromatic N) is 4. The second-order valence-corrected chi connectivity index (χ2v) is 4.42. The maximum absolute atomic E-state index is 5.79. The fourth-order valence-electron chi connectivity index (χ4n) is 2.34. The van der Waals surface area contributed by atoms with Gasteiger partial charge in [0, 0.05) is 32.4 Å². The Morgan fingerprint density at radius 1 is 1.60 bits per heavy atom. The van der Waals surface area contributed by atoms with Gasteiger partial charge in [-0.2, -0.15) is 0 Å². The van der Waals surface area contributed by atoms with E-state index in [0.29, 0.717) is 12.0 Å². The van der Waals surface area contributed by atoms with Crippen LogP contribution < -0.4 is 5.73 Å². The van der Waals surface area contributed by atoms with Gasteiger partial charge < -0.3 is 5.73 Å². The van der Waals surface area contributed by atoms with Crippen LogP contribution in [0.4, 0.5) is 0 Å². The van der Waals surface area contributed by atoms with Gasteiger partial charge in [-0.25, -0.2) is 0 Å². The van der Waals surface area contributed by atoms with Gasteiger partial charge in [-0.3, -0.25) is 9.58 Å². The molecule has 0 saturated carbocycles. The van der Waals surface area contributed by atoms with Crippen LogP contribution in [0.1, 0.15) is 19.0 Å². The Bertz CT molecular complexity index is 321. The monoisotopic (exact) mass is 209 g/mol. The van der Waals surface area contributed by atoms with Crippen molar-refractivity contribution in [2.24, 2.45) is 18.7 Å². The molecule has 0 aromatic carbocycles. The molecule has 5 heteroatoms. The van der Waals surface area contributed by atoms with Crippen LogP contribution in [-0.2, 0) is 13.6 Å². The van der Waals surface area contributed by atoms with Crippen LogP contribution in [0.25, 0.3) is 0 Å². The van der Waals surface area contributed by atoms with Crippen LogP contribution >= 0.6 is 0 Å². The molecule has 2 rings (SSSR count). The standard InChI is InChI=1S/C10H19N5/c1-8-3-4-15(10(8)5-11)7-9-6-14(2)13-12-9/h6,8,10H,3-5,7,11H2,1-2H3. The minimum Gasteiger partial charge on any atom is -0.329 e. The zero-order valence-electron chi connectivity index (χ0n) is 9.43. The van der Waals surface area contributed by atoms with Crippen molar-refractivity contribution in [2.75, 3.05) is 13.1 Å². The molecule has 1 aromatic heterocycles. The van der Waals surface area contributed by atoms with Gasteiger partial charge >= 0.3 is 0 Å². The predicted molar refractivity (Wildman–Crippen MR) is 58.0 cm³/mol. The Morgan fingerprint density at radius 3 is 3.00 bits per heavy atom. The summed E-state index contributed by atoms with van der Waals surface area (Å²) < 4.78 is 1.74. The third-order valence-corrected chi connectivity index (χ3v) is 3.25. The van der Waals surface area contributed by atoms with Crippen molar-refractivity contribution < 1.29 is 0 Å². The van der Waals surface area contributed by atoms with E-state index in [-0.39, 0.29) is 0 Å². The van der Waals surface area contributed by atoms with Crippen LogP contribution in [0, 0.1) is 5.92 Å². The predicted octanol–water partition coefficient (Wildman–Crippen LogP) is -0.0158. The molecule has 84 valence electrons. The molecular weight excluding hydrogens is 190 g/mol. The van der Waals surface area contributed by atoms with Gasteiger partial charge in [0.2, 0.25) is 0 Å². The highest BCUT2D eigenvalue weighted by atomic mass is 15.4. The summed E-state index contributed by atoms with van der Waals surface area (Å²) in [6, 6.07) is 0.506. The fraction of sp³-hybridized carbons (Fsp3) is 0.800. The molecule has 1 fully saturated rings. The molecule has 2 N–H and O–H groups in total. The summed E-state index contributed by atoms with van der Waals surface area (Å²) in [5.41, 5.74) is 6.82. The second kappa shape index (κ2) is 4.28. The molecule has 2 unspecified atom stereocenters. The molecule has 1 aromatic rings. The molecule has 0 amide bonds. The molecule has 15 heavy (non-hydrogen) atoms. The highest BCUT2D eigenvalue weighted by molar-refractivity contribution is 4.95. The van der Waals surface area contributed by atoms with E-state index in [4.69, 9.17) is 5.73 Å². The number of likely N-dealkylation sites (tertiary alicyclic amines) is 1. The first-order chi connectivity index (χ1) is 7.20. The Balaban J connectivity index is 2.00. The first-order valence-corrected chi connectivity index (χ1v) is 5.50. The molecule has 1 aliphatic rings. The van der Waals surface area contributed by atoms with E-state index in [9.17, 15) is 0 Å². The lowest BCUT2D eigenvalue weighted by Gasteiger charge is -2.24. The van der Waals surface area contributed by atoms with Crippen molar-refractivity contribution >= 4 is 0 Å². The van der Waals surface area contributed by atoms with Crippen molar-refractivity contribution in [3.8, 4) is 0 Å². The third kappa shape index (κ3) is 2.18. The minimum atomic E-state index is 0.506. The molecule has 1 saturated heterocycles. The lowest BCUT2D eigenvalue weighted by molar-refractivity contribution is 0.226.